The molecule has 1 aliphatic heterocycles. The van der Waals surface area contributed by atoms with Crippen molar-refractivity contribution in [3.8, 4) is 0 Å². The minimum absolute atomic E-state index is 0.123. The van der Waals surface area contributed by atoms with Gasteiger partial charge in [0.1, 0.15) is 0 Å². The number of nitrogens with zero attached hydrogens (tertiary/aromatic N) is 6. The van der Waals surface area contributed by atoms with Gasteiger partial charge in [-0.15, -0.1) is 10.2 Å². The number of hydrogen-bond donors (Lipinski definition) is 3. The average Bonchev–Trinajstić information content (AvgIpc) is 3.22. The molecular formula is C20H27N9O2S. The number of aromatic nitrogens is 5. The second kappa shape index (κ2) is 10.5. The van der Waals surface area contributed by atoms with Crippen molar-refractivity contribution in [3.05, 3.63) is 24.3 Å². The van der Waals surface area contributed by atoms with E-state index in [2.05, 4.69) is 41.0 Å². The van der Waals surface area contributed by atoms with E-state index < -0.39 is 0 Å². The molecule has 1 amide bonds. The lowest BCUT2D eigenvalue weighted by atomic mass is 10.2. The SMILES string of the molecule is CCNc1nc(NCC)n2c(SCC(=O)Nc3ccccc3N3CCOCC3)nnc2n1. The molecule has 3 N–H and O–H groups in total. The van der Waals surface area contributed by atoms with E-state index in [1.807, 2.05) is 38.1 Å². The van der Waals surface area contributed by atoms with Crippen molar-refractivity contribution in [2.45, 2.75) is 19.0 Å². The van der Waals surface area contributed by atoms with Crippen molar-refractivity contribution in [2.75, 3.05) is 66.0 Å². The third-order valence-electron chi connectivity index (χ3n) is 4.78. The first-order valence-electron chi connectivity index (χ1n) is 10.6. The van der Waals surface area contributed by atoms with Crippen molar-refractivity contribution in [2.24, 2.45) is 0 Å². The Morgan fingerprint density at radius 1 is 1.09 bits per heavy atom. The highest BCUT2D eigenvalue weighted by Gasteiger charge is 2.18. The van der Waals surface area contributed by atoms with Crippen LogP contribution in [0.3, 0.4) is 0 Å². The summed E-state index contributed by atoms with van der Waals surface area (Å²) in [6.07, 6.45) is 0. The van der Waals surface area contributed by atoms with Crippen LogP contribution < -0.4 is 20.9 Å². The summed E-state index contributed by atoms with van der Waals surface area (Å²) in [5.74, 6) is 1.55. The molecule has 0 atom stereocenters. The predicted octanol–water partition coefficient (Wildman–Crippen LogP) is 1.95. The number of thioether (sulfide) groups is 1. The van der Waals surface area contributed by atoms with Gasteiger partial charge in [0.05, 0.1) is 30.3 Å². The maximum atomic E-state index is 12.7. The molecule has 0 bridgehead atoms. The van der Waals surface area contributed by atoms with Gasteiger partial charge in [0.25, 0.3) is 5.78 Å². The Balaban J connectivity index is 1.47. The summed E-state index contributed by atoms with van der Waals surface area (Å²) in [5.41, 5.74) is 1.79. The third-order valence-corrected chi connectivity index (χ3v) is 5.71. The van der Waals surface area contributed by atoms with E-state index in [0.717, 1.165) is 24.5 Å². The Morgan fingerprint density at radius 3 is 2.66 bits per heavy atom. The maximum absolute atomic E-state index is 12.7. The van der Waals surface area contributed by atoms with Crippen molar-refractivity contribution < 1.29 is 9.53 Å². The highest BCUT2D eigenvalue weighted by atomic mass is 32.2. The molecule has 170 valence electrons. The molecule has 1 saturated heterocycles. The number of nitrogens with one attached hydrogen (secondary N) is 3. The molecule has 0 aliphatic carbocycles. The van der Waals surface area contributed by atoms with Crippen LogP contribution in [0, 0.1) is 0 Å². The van der Waals surface area contributed by atoms with Crippen LogP contribution in [-0.4, -0.2) is 75.6 Å². The van der Waals surface area contributed by atoms with Gasteiger partial charge in [-0.05, 0) is 26.0 Å². The predicted molar refractivity (Wildman–Crippen MR) is 126 cm³/mol. The minimum Gasteiger partial charge on any atom is -0.378 e. The molecule has 1 aromatic carbocycles. The van der Waals surface area contributed by atoms with Crippen LogP contribution in [0.2, 0.25) is 0 Å². The summed E-state index contributed by atoms with van der Waals surface area (Å²) in [7, 11) is 0. The number of amides is 1. The van der Waals surface area contributed by atoms with E-state index >= 15 is 0 Å². The zero-order valence-corrected chi connectivity index (χ0v) is 19.0. The number of morpholine rings is 1. The first-order valence-corrected chi connectivity index (χ1v) is 11.6. The Labute approximate surface area is 190 Å². The molecule has 1 fully saturated rings. The number of rotatable bonds is 9. The van der Waals surface area contributed by atoms with Crippen LogP contribution in [0.5, 0.6) is 0 Å². The van der Waals surface area contributed by atoms with Gasteiger partial charge < -0.3 is 25.6 Å². The molecule has 3 aromatic rings. The van der Waals surface area contributed by atoms with Crippen molar-refractivity contribution in [1.82, 2.24) is 24.6 Å². The van der Waals surface area contributed by atoms with Crippen LogP contribution >= 0.6 is 11.8 Å². The summed E-state index contributed by atoms with van der Waals surface area (Å²) < 4.78 is 7.16. The zero-order valence-electron chi connectivity index (χ0n) is 18.2. The molecule has 2 aromatic heterocycles. The lowest BCUT2D eigenvalue weighted by Crippen LogP contribution is -2.36. The van der Waals surface area contributed by atoms with Crippen LogP contribution in [0.1, 0.15) is 13.8 Å². The summed E-state index contributed by atoms with van der Waals surface area (Å²) in [5, 5.41) is 18.2. The molecule has 11 nitrogen and oxygen atoms in total. The first kappa shape index (κ1) is 22.1. The Bertz CT molecular complexity index is 1070. The summed E-state index contributed by atoms with van der Waals surface area (Å²) >= 11 is 1.29. The fraction of sp³-hybridized carbons (Fsp3) is 0.450. The fourth-order valence-electron chi connectivity index (χ4n) is 3.37. The molecule has 0 radical (unpaired) electrons. The quantitative estimate of drug-likeness (QED) is 0.411. The Hall–Kier alpha value is -3.12. The monoisotopic (exact) mass is 457 g/mol. The molecule has 0 unspecified atom stereocenters. The molecule has 3 heterocycles. The molecule has 0 saturated carbocycles. The summed E-state index contributed by atoms with van der Waals surface area (Å²) in [6.45, 7) is 8.31. The van der Waals surface area contributed by atoms with E-state index in [4.69, 9.17) is 4.74 Å². The molecule has 32 heavy (non-hydrogen) atoms. The smallest absolute Gasteiger partial charge is 0.261 e. The van der Waals surface area contributed by atoms with Gasteiger partial charge in [-0.3, -0.25) is 4.79 Å². The van der Waals surface area contributed by atoms with Gasteiger partial charge in [0.2, 0.25) is 17.8 Å². The number of anilines is 4. The number of ether oxygens (including phenoxy) is 1. The lowest BCUT2D eigenvalue weighted by Gasteiger charge is -2.30. The molecule has 1 aliphatic rings. The largest absolute Gasteiger partial charge is 0.378 e. The van der Waals surface area contributed by atoms with E-state index in [0.29, 0.717) is 49.1 Å². The van der Waals surface area contributed by atoms with Gasteiger partial charge in [0.15, 0.2) is 5.16 Å². The molecule has 12 heteroatoms. The normalized spacial score (nSPS) is 13.9. The number of carbonyl (C=O) groups excluding carboxylic acids is 1. The van der Waals surface area contributed by atoms with Gasteiger partial charge in [-0.2, -0.15) is 9.97 Å². The lowest BCUT2D eigenvalue weighted by molar-refractivity contribution is -0.113. The van der Waals surface area contributed by atoms with Gasteiger partial charge >= 0.3 is 0 Å². The second-order valence-electron chi connectivity index (χ2n) is 7.00. The standard InChI is InChI=1S/C20H27N9O2S/c1-3-21-17-24-18(22-4-2)29-19(25-17)26-27-20(29)32-13-16(30)23-14-7-5-6-8-15(14)28-9-11-31-12-10-28/h5-8H,3-4,9-13H2,1-2H3,(H,23,30)(H2,21,22,24,25,26). The Morgan fingerprint density at radius 2 is 1.88 bits per heavy atom. The van der Waals surface area contributed by atoms with E-state index in [1.54, 1.807) is 4.40 Å². The topological polar surface area (TPSA) is 122 Å². The fourth-order valence-corrected chi connectivity index (χ4v) is 4.10. The van der Waals surface area contributed by atoms with Crippen LogP contribution in [0.15, 0.2) is 29.4 Å². The second-order valence-corrected chi connectivity index (χ2v) is 7.95. The Kier molecular flexibility index (Phi) is 7.22. The van der Waals surface area contributed by atoms with E-state index in [9.17, 15) is 4.79 Å². The zero-order chi connectivity index (χ0) is 22.3. The first-order chi connectivity index (χ1) is 15.7. The molecule has 4 rings (SSSR count). The highest BCUT2D eigenvalue weighted by molar-refractivity contribution is 7.99. The minimum atomic E-state index is -0.123. The maximum Gasteiger partial charge on any atom is 0.261 e. The number of benzene rings is 1. The van der Waals surface area contributed by atoms with Crippen molar-refractivity contribution in [3.63, 3.8) is 0 Å². The number of fused-ring (bicyclic) bond motifs is 1. The third kappa shape index (κ3) is 5.02. The van der Waals surface area contributed by atoms with Crippen LogP contribution in [-0.2, 0) is 9.53 Å². The number of carbonyl (C=O) groups is 1. The number of hydrogen-bond acceptors (Lipinski definition) is 10. The van der Waals surface area contributed by atoms with Gasteiger partial charge in [0, 0.05) is 26.2 Å². The van der Waals surface area contributed by atoms with Gasteiger partial charge in [-0.25, -0.2) is 4.40 Å². The highest BCUT2D eigenvalue weighted by Crippen LogP contribution is 2.27. The van der Waals surface area contributed by atoms with Crippen molar-refractivity contribution >= 4 is 46.7 Å². The average molecular weight is 458 g/mol. The number of para-hydroxylation sites is 2. The molecule has 0 spiro atoms. The van der Waals surface area contributed by atoms with E-state index in [-0.39, 0.29) is 11.7 Å². The van der Waals surface area contributed by atoms with Gasteiger partial charge in [-0.1, -0.05) is 23.9 Å². The summed E-state index contributed by atoms with van der Waals surface area (Å²) in [6, 6.07) is 7.82. The summed E-state index contributed by atoms with van der Waals surface area (Å²) in [4.78, 5) is 23.8. The molecular weight excluding hydrogens is 430 g/mol. The van der Waals surface area contributed by atoms with Crippen LogP contribution in [0.4, 0.5) is 23.3 Å². The van der Waals surface area contributed by atoms with E-state index in [1.165, 1.54) is 11.8 Å². The van der Waals surface area contributed by atoms with Crippen LogP contribution in [0.25, 0.3) is 5.78 Å². The van der Waals surface area contributed by atoms with Crippen molar-refractivity contribution in [1.29, 1.82) is 0 Å².